The summed E-state index contributed by atoms with van der Waals surface area (Å²) in [7, 11) is 0. The molecule has 1 aliphatic rings. The van der Waals surface area contributed by atoms with Gasteiger partial charge in [0.15, 0.2) is 0 Å². The van der Waals surface area contributed by atoms with Crippen LogP contribution in [0.4, 0.5) is 4.79 Å². The highest BCUT2D eigenvalue weighted by Crippen LogP contribution is 2.21. The van der Waals surface area contributed by atoms with Gasteiger partial charge in [-0.25, -0.2) is 4.79 Å². The van der Waals surface area contributed by atoms with Gasteiger partial charge in [-0.3, -0.25) is 4.79 Å². The van der Waals surface area contributed by atoms with E-state index in [1.54, 1.807) is 4.90 Å². The van der Waals surface area contributed by atoms with E-state index in [0.717, 1.165) is 17.7 Å². The number of nitrogens with one attached hydrogen (secondary N) is 1. The Kier molecular flexibility index (Phi) is 6.06. The van der Waals surface area contributed by atoms with Gasteiger partial charge in [0.2, 0.25) is 0 Å². The van der Waals surface area contributed by atoms with E-state index in [1.165, 1.54) is 0 Å². The third kappa shape index (κ3) is 4.88. The SMILES string of the molecule is CC(C)Oc1cccc(C(C)NC(=O)N2CCCC(C(=O)O)C2)c1. The third-order valence-electron chi connectivity index (χ3n) is 4.13. The van der Waals surface area contributed by atoms with Crippen molar-refractivity contribution in [2.75, 3.05) is 13.1 Å². The lowest BCUT2D eigenvalue weighted by molar-refractivity contribution is -0.143. The Hall–Kier alpha value is -2.24. The van der Waals surface area contributed by atoms with Crippen LogP contribution in [0.2, 0.25) is 0 Å². The zero-order valence-corrected chi connectivity index (χ0v) is 14.5. The zero-order chi connectivity index (χ0) is 17.7. The molecule has 2 rings (SSSR count). The Balaban J connectivity index is 1.97. The standard InChI is InChI=1S/C18H26N2O4/c1-12(2)24-16-8-4-6-14(10-16)13(3)19-18(23)20-9-5-7-15(11-20)17(21)22/h4,6,8,10,12-13,15H,5,7,9,11H2,1-3H3,(H,19,23)(H,21,22). The molecule has 2 N–H and O–H groups in total. The fourth-order valence-corrected chi connectivity index (χ4v) is 2.85. The molecule has 6 heteroatoms. The number of aliphatic carboxylic acids is 1. The summed E-state index contributed by atoms with van der Waals surface area (Å²) in [6, 6.07) is 7.24. The number of rotatable bonds is 5. The summed E-state index contributed by atoms with van der Waals surface area (Å²) in [5.41, 5.74) is 0.952. The molecular formula is C18H26N2O4. The maximum Gasteiger partial charge on any atom is 0.317 e. The van der Waals surface area contributed by atoms with E-state index in [4.69, 9.17) is 9.84 Å². The monoisotopic (exact) mass is 334 g/mol. The normalized spacial score (nSPS) is 19.0. The molecule has 1 aliphatic heterocycles. The first-order valence-electron chi connectivity index (χ1n) is 8.41. The summed E-state index contributed by atoms with van der Waals surface area (Å²) < 4.78 is 5.68. The van der Waals surface area contributed by atoms with Crippen molar-refractivity contribution >= 4 is 12.0 Å². The predicted octanol–water partition coefficient (Wildman–Crippen LogP) is 3.04. The first kappa shape index (κ1) is 18.1. The topological polar surface area (TPSA) is 78.9 Å². The van der Waals surface area contributed by atoms with Crippen LogP contribution in [0.25, 0.3) is 0 Å². The molecule has 24 heavy (non-hydrogen) atoms. The van der Waals surface area contributed by atoms with Gasteiger partial charge in [-0.05, 0) is 51.3 Å². The van der Waals surface area contributed by atoms with Crippen LogP contribution in [0.3, 0.4) is 0 Å². The van der Waals surface area contributed by atoms with Crippen LogP contribution >= 0.6 is 0 Å². The maximum absolute atomic E-state index is 12.4. The van der Waals surface area contributed by atoms with Crippen LogP contribution in [0.1, 0.15) is 45.2 Å². The number of piperidine rings is 1. The van der Waals surface area contributed by atoms with Gasteiger partial charge in [-0.2, -0.15) is 0 Å². The van der Waals surface area contributed by atoms with Gasteiger partial charge in [0.25, 0.3) is 0 Å². The summed E-state index contributed by atoms with van der Waals surface area (Å²) in [5.74, 6) is -0.533. The van der Waals surface area contributed by atoms with Gasteiger partial charge in [-0.15, -0.1) is 0 Å². The molecule has 0 saturated carbocycles. The molecule has 0 spiro atoms. The lowest BCUT2D eigenvalue weighted by Crippen LogP contribution is -2.47. The van der Waals surface area contributed by atoms with Gasteiger partial charge in [0, 0.05) is 13.1 Å². The van der Waals surface area contributed by atoms with Gasteiger partial charge in [-0.1, -0.05) is 12.1 Å². The summed E-state index contributed by atoms with van der Waals surface area (Å²) in [6.45, 7) is 6.70. The van der Waals surface area contributed by atoms with E-state index >= 15 is 0 Å². The molecule has 2 unspecified atom stereocenters. The molecule has 0 aliphatic carbocycles. The predicted molar refractivity (Wildman–Crippen MR) is 91.1 cm³/mol. The van der Waals surface area contributed by atoms with Gasteiger partial charge in [0.05, 0.1) is 18.1 Å². The number of ether oxygens (including phenoxy) is 1. The number of likely N-dealkylation sites (tertiary alicyclic amines) is 1. The Morgan fingerprint density at radius 3 is 2.75 bits per heavy atom. The van der Waals surface area contributed by atoms with Crippen molar-refractivity contribution in [3.8, 4) is 5.75 Å². The largest absolute Gasteiger partial charge is 0.491 e. The van der Waals surface area contributed by atoms with E-state index < -0.39 is 11.9 Å². The number of hydrogen-bond acceptors (Lipinski definition) is 3. The molecule has 1 aromatic carbocycles. The van der Waals surface area contributed by atoms with Crippen LogP contribution in [0.15, 0.2) is 24.3 Å². The van der Waals surface area contributed by atoms with Gasteiger partial charge in [0.1, 0.15) is 5.75 Å². The van der Waals surface area contributed by atoms with E-state index in [-0.39, 0.29) is 24.7 Å². The van der Waals surface area contributed by atoms with Crippen molar-refractivity contribution in [1.29, 1.82) is 0 Å². The molecular weight excluding hydrogens is 308 g/mol. The van der Waals surface area contributed by atoms with E-state index in [0.29, 0.717) is 13.0 Å². The molecule has 1 aromatic rings. The van der Waals surface area contributed by atoms with Crippen molar-refractivity contribution in [3.05, 3.63) is 29.8 Å². The van der Waals surface area contributed by atoms with Crippen LogP contribution in [0.5, 0.6) is 5.75 Å². The van der Waals surface area contributed by atoms with Gasteiger partial charge >= 0.3 is 12.0 Å². The molecule has 1 saturated heterocycles. The second kappa shape index (κ2) is 8.04. The average molecular weight is 334 g/mol. The molecule has 132 valence electrons. The van der Waals surface area contributed by atoms with Crippen molar-refractivity contribution in [3.63, 3.8) is 0 Å². The quantitative estimate of drug-likeness (QED) is 0.867. The molecule has 6 nitrogen and oxygen atoms in total. The number of urea groups is 1. The van der Waals surface area contributed by atoms with Crippen molar-refractivity contribution in [2.45, 2.75) is 45.8 Å². The fourth-order valence-electron chi connectivity index (χ4n) is 2.85. The zero-order valence-electron chi connectivity index (χ0n) is 14.5. The Morgan fingerprint density at radius 2 is 2.08 bits per heavy atom. The third-order valence-corrected chi connectivity index (χ3v) is 4.13. The average Bonchev–Trinajstić information content (AvgIpc) is 2.54. The summed E-state index contributed by atoms with van der Waals surface area (Å²) in [6.07, 6.45) is 1.44. The fraction of sp³-hybridized carbons (Fsp3) is 0.556. The molecule has 1 heterocycles. The molecule has 0 bridgehead atoms. The number of carboxylic acid groups (broad SMARTS) is 1. The number of amides is 2. The summed E-state index contributed by atoms with van der Waals surface area (Å²) >= 11 is 0. The Morgan fingerprint density at radius 1 is 1.33 bits per heavy atom. The lowest BCUT2D eigenvalue weighted by atomic mass is 9.98. The van der Waals surface area contributed by atoms with Gasteiger partial charge < -0.3 is 20.1 Å². The molecule has 0 aromatic heterocycles. The van der Waals surface area contributed by atoms with Crippen LogP contribution in [-0.4, -0.2) is 41.2 Å². The number of hydrogen-bond donors (Lipinski definition) is 2. The summed E-state index contributed by atoms with van der Waals surface area (Å²) in [4.78, 5) is 25.1. The van der Waals surface area contributed by atoms with Crippen LogP contribution < -0.4 is 10.1 Å². The highest BCUT2D eigenvalue weighted by atomic mass is 16.5. The molecule has 1 fully saturated rings. The minimum Gasteiger partial charge on any atom is -0.491 e. The highest BCUT2D eigenvalue weighted by Gasteiger charge is 2.28. The van der Waals surface area contributed by atoms with Crippen molar-refractivity contribution in [1.82, 2.24) is 10.2 Å². The lowest BCUT2D eigenvalue weighted by Gasteiger charge is -2.31. The van der Waals surface area contributed by atoms with E-state index in [2.05, 4.69) is 5.32 Å². The second-order valence-electron chi connectivity index (χ2n) is 6.53. The molecule has 2 atom stereocenters. The van der Waals surface area contributed by atoms with Crippen LogP contribution in [-0.2, 0) is 4.79 Å². The van der Waals surface area contributed by atoms with E-state index in [1.807, 2.05) is 45.0 Å². The molecule has 2 amide bonds. The second-order valence-corrected chi connectivity index (χ2v) is 6.53. The number of carbonyl (C=O) groups is 2. The van der Waals surface area contributed by atoms with Crippen molar-refractivity contribution < 1.29 is 19.4 Å². The summed E-state index contributed by atoms with van der Waals surface area (Å²) in [5, 5.41) is 12.1. The smallest absolute Gasteiger partial charge is 0.317 e. The first-order valence-corrected chi connectivity index (χ1v) is 8.41. The maximum atomic E-state index is 12.4. The minimum atomic E-state index is -0.834. The number of benzene rings is 1. The van der Waals surface area contributed by atoms with Crippen molar-refractivity contribution in [2.24, 2.45) is 5.92 Å². The number of carboxylic acids is 1. The number of nitrogens with zero attached hydrogens (tertiary/aromatic N) is 1. The minimum absolute atomic E-state index is 0.0893. The molecule has 0 radical (unpaired) electrons. The van der Waals surface area contributed by atoms with Crippen LogP contribution in [0, 0.1) is 5.92 Å². The number of carbonyl (C=O) groups excluding carboxylic acids is 1. The Labute approximate surface area is 142 Å². The Bertz CT molecular complexity index is 588. The highest BCUT2D eigenvalue weighted by molar-refractivity contribution is 5.77. The van der Waals surface area contributed by atoms with E-state index in [9.17, 15) is 9.59 Å². The first-order chi connectivity index (χ1) is 11.4.